The van der Waals surface area contributed by atoms with Crippen molar-refractivity contribution in [2.24, 2.45) is 10.2 Å². The molecule has 0 spiro atoms. The number of methoxy groups -OCH3 is 1. The molecule has 0 heterocycles. The molecule has 0 saturated heterocycles. The number of benzene rings is 5. The first-order valence-electron chi connectivity index (χ1n) is 13.1. The van der Waals surface area contributed by atoms with Crippen molar-refractivity contribution >= 4 is 45.3 Å². The standard InChI is InChI=1S/C33H28N4O5/c1-20-12-13-23(19-38)27(16-20)35-33(41)26-17-21-8-6-7-11-25(21)30(31(26)39)37-36-28-18-22(14-15-29(28)42-2)32(40)34-24-9-4-3-5-10-24/h3-18,38-39H,19H2,1-2H3,(H,34,40)(H,35,41). The molecular weight excluding hydrogens is 532 g/mol. The van der Waals surface area contributed by atoms with Gasteiger partial charge in [0.1, 0.15) is 17.1 Å². The number of rotatable bonds is 8. The minimum Gasteiger partial charge on any atom is -0.505 e. The fourth-order valence-electron chi connectivity index (χ4n) is 4.46. The van der Waals surface area contributed by atoms with Gasteiger partial charge in [0.2, 0.25) is 0 Å². The van der Waals surface area contributed by atoms with E-state index in [1.807, 2.05) is 37.3 Å². The van der Waals surface area contributed by atoms with E-state index in [9.17, 15) is 19.8 Å². The van der Waals surface area contributed by atoms with E-state index in [4.69, 9.17) is 4.74 Å². The Kier molecular flexibility index (Phi) is 8.22. The lowest BCUT2D eigenvalue weighted by Crippen LogP contribution is -2.14. The summed E-state index contributed by atoms with van der Waals surface area (Å²) in [6.07, 6.45) is 0. The molecule has 0 radical (unpaired) electrons. The molecule has 0 unspecified atom stereocenters. The number of hydrogen-bond donors (Lipinski definition) is 4. The molecule has 0 atom stereocenters. The predicted molar refractivity (Wildman–Crippen MR) is 162 cm³/mol. The van der Waals surface area contributed by atoms with Crippen LogP contribution in [-0.2, 0) is 6.61 Å². The highest BCUT2D eigenvalue weighted by Gasteiger charge is 2.20. The summed E-state index contributed by atoms with van der Waals surface area (Å²) < 4.78 is 5.43. The predicted octanol–water partition coefficient (Wildman–Crippen LogP) is 7.27. The van der Waals surface area contributed by atoms with Crippen LogP contribution in [0.2, 0.25) is 0 Å². The third-order valence-electron chi connectivity index (χ3n) is 6.65. The number of amides is 2. The van der Waals surface area contributed by atoms with Crippen LogP contribution in [0.15, 0.2) is 107 Å². The summed E-state index contributed by atoms with van der Waals surface area (Å²) in [6, 6.07) is 27.8. The second kappa shape index (κ2) is 12.3. The summed E-state index contributed by atoms with van der Waals surface area (Å²) in [5.74, 6) is -0.924. The van der Waals surface area contributed by atoms with Crippen LogP contribution in [0.1, 0.15) is 31.8 Å². The van der Waals surface area contributed by atoms with Gasteiger partial charge in [-0.25, -0.2) is 0 Å². The van der Waals surface area contributed by atoms with E-state index in [1.165, 1.54) is 13.2 Å². The number of azo groups is 1. The van der Waals surface area contributed by atoms with Crippen LogP contribution in [0.25, 0.3) is 10.8 Å². The first-order chi connectivity index (χ1) is 20.4. The number of hydrogen-bond acceptors (Lipinski definition) is 7. The van der Waals surface area contributed by atoms with Crippen molar-refractivity contribution in [1.29, 1.82) is 0 Å². The zero-order valence-corrected chi connectivity index (χ0v) is 23.0. The van der Waals surface area contributed by atoms with Gasteiger partial charge in [-0.05, 0) is 60.3 Å². The number of aryl methyl sites for hydroxylation is 1. The number of carbonyl (C=O) groups is 2. The van der Waals surface area contributed by atoms with Gasteiger partial charge < -0.3 is 25.6 Å². The molecule has 9 nitrogen and oxygen atoms in total. The number of nitrogens with zero attached hydrogens (tertiary/aromatic N) is 2. The van der Waals surface area contributed by atoms with Crippen LogP contribution in [0, 0.1) is 6.92 Å². The van der Waals surface area contributed by atoms with Gasteiger partial charge in [-0.2, -0.15) is 0 Å². The van der Waals surface area contributed by atoms with E-state index < -0.39 is 5.91 Å². The number of aliphatic hydroxyl groups is 1. The van der Waals surface area contributed by atoms with Gasteiger partial charge in [0.05, 0.1) is 19.3 Å². The van der Waals surface area contributed by atoms with Gasteiger partial charge in [0, 0.05) is 27.9 Å². The van der Waals surface area contributed by atoms with Gasteiger partial charge in [0.15, 0.2) is 5.75 Å². The third kappa shape index (κ3) is 5.96. The van der Waals surface area contributed by atoms with Gasteiger partial charge in [0.25, 0.3) is 11.8 Å². The molecule has 5 rings (SSSR count). The summed E-state index contributed by atoms with van der Waals surface area (Å²) in [5.41, 5.74) is 3.16. The number of phenols is 1. The number of phenolic OH excluding ortho intramolecular Hbond substituents is 1. The van der Waals surface area contributed by atoms with Gasteiger partial charge in [-0.15, -0.1) is 10.2 Å². The second-order valence-corrected chi connectivity index (χ2v) is 9.52. The lowest BCUT2D eigenvalue weighted by atomic mass is 10.0. The van der Waals surface area contributed by atoms with Crippen molar-refractivity contribution in [1.82, 2.24) is 0 Å². The largest absolute Gasteiger partial charge is 0.505 e. The maximum Gasteiger partial charge on any atom is 0.259 e. The first-order valence-corrected chi connectivity index (χ1v) is 13.1. The lowest BCUT2D eigenvalue weighted by molar-refractivity contribution is 0.101. The van der Waals surface area contributed by atoms with E-state index in [2.05, 4.69) is 20.9 Å². The molecule has 0 aliphatic heterocycles. The van der Waals surface area contributed by atoms with Crippen LogP contribution in [0.5, 0.6) is 11.5 Å². The maximum atomic E-state index is 13.4. The second-order valence-electron chi connectivity index (χ2n) is 9.52. The molecule has 5 aromatic carbocycles. The third-order valence-corrected chi connectivity index (χ3v) is 6.65. The Labute approximate surface area is 242 Å². The molecule has 2 amide bonds. The van der Waals surface area contributed by atoms with E-state index in [0.717, 1.165) is 5.56 Å². The Balaban J connectivity index is 1.52. The van der Waals surface area contributed by atoms with Gasteiger partial charge in [-0.3, -0.25) is 9.59 Å². The molecule has 4 N–H and O–H groups in total. The van der Waals surface area contributed by atoms with E-state index in [0.29, 0.717) is 39.0 Å². The summed E-state index contributed by atoms with van der Waals surface area (Å²) in [4.78, 5) is 26.2. The minimum absolute atomic E-state index is 0.0176. The highest BCUT2D eigenvalue weighted by Crippen LogP contribution is 2.41. The van der Waals surface area contributed by atoms with E-state index in [-0.39, 0.29) is 35.2 Å². The number of nitrogens with one attached hydrogen (secondary N) is 2. The Morgan fingerprint density at radius 1 is 0.833 bits per heavy atom. The summed E-state index contributed by atoms with van der Waals surface area (Å²) in [7, 11) is 1.47. The van der Waals surface area contributed by atoms with E-state index >= 15 is 0 Å². The average Bonchev–Trinajstić information content (AvgIpc) is 3.00. The fourth-order valence-corrected chi connectivity index (χ4v) is 4.46. The zero-order chi connectivity index (χ0) is 29.6. The molecular formula is C33H28N4O5. The average molecular weight is 561 g/mol. The lowest BCUT2D eigenvalue weighted by Gasteiger charge is -2.13. The molecule has 0 saturated carbocycles. The molecule has 0 fully saturated rings. The van der Waals surface area contributed by atoms with Crippen molar-refractivity contribution in [2.45, 2.75) is 13.5 Å². The number of carbonyl (C=O) groups excluding carboxylic acids is 2. The van der Waals surface area contributed by atoms with Gasteiger partial charge in [-0.1, -0.05) is 54.6 Å². The fraction of sp³-hybridized carbons (Fsp3) is 0.0909. The van der Waals surface area contributed by atoms with Crippen molar-refractivity contribution in [3.05, 3.63) is 119 Å². The number of ether oxygens (including phenoxy) is 1. The maximum absolute atomic E-state index is 13.4. The molecule has 210 valence electrons. The quantitative estimate of drug-likeness (QED) is 0.148. The van der Waals surface area contributed by atoms with Crippen molar-refractivity contribution in [3.8, 4) is 11.5 Å². The van der Waals surface area contributed by atoms with Crippen LogP contribution >= 0.6 is 0 Å². The Morgan fingerprint density at radius 2 is 1.60 bits per heavy atom. The normalized spacial score (nSPS) is 11.0. The molecule has 42 heavy (non-hydrogen) atoms. The topological polar surface area (TPSA) is 133 Å². The van der Waals surface area contributed by atoms with E-state index in [1.54, 1.807) is 60.7 Å². The van der Waals surface area contributed by atoms with Gasteiger partial charge >= 0.3 is 0 Å². The number of aliphatic hydroxyl groups excluding tert-OH is 1. The molecule has 0 aliphatic carbocycles. The monoisotopic (exact) mass is 560 g/mol. The van der Waals surface area contributed by atoms with Crippen LogP contribution < -0.4 is 15.4 Å². The van der Waals surface area contributed by atoms with Crippen molar-refractivity contribution in [2.75, 3.05) is 17.7 Å². The van der Waals surface area contributed by atoms with Crippen LogP contribution in [0.4, 0.5) is 22.7 Å². The number of aromatic hydroxyl groups is 1. The molecule has 0 aliphatic rings. The highest BCUT2D eigenvalue weighted by molar-refractivity contribution is 6.12. The summed E-state index contributed by atoms with van der Waals surface area (Å²) in [5, 5.41) is 36.5. The SMILES string of the molecule is COc1ccc(C(=O)Nc2ccccc2)cc1N=Nc1c(O)c(C(=O)Nc2cc(C)ccc2CO)cc2ccccc12. The highest BCUT2D eigenvalue weighted by atomic mass is 16.5. The first kappa shape index (κ1) is 28.0. The molecule has 0 bridgehead atoms. The van der Waals surface area contributed by atoms with Crippen molar-refractivity contribution < 1.29 is 24.5 Å². The smallest absolute Gasteiger partial charge is 0.259 e. The Morgan fingerprint density at radius 3 is 2.36 bits per heavy atom. The number of para-hydroxylation sites is 1. The zero-order valence-electron chi connectivity index (χ0n) is 23.0. The Bertz CT molecular complexity index is 1820. The summed E-state index contributed by atoms with van der Waals surface area (Å²) in [6.45, 7) is 1.61. The summed E-state index contributed by atoms with van der Waals surface area (Å²) >= 11 is 0. The van der Waals surface area contributed by atoms with Crippen LogP contribution in [0.3, 0.4) is 0 Å². The minimum atomic E-state index is -0.577. The Hall–Kier alpha value is -5.54. The molecule has 9 heteroatoms. The van der Waals surface area contributed by atoms with Crippen LogP contribution in [-0.4, -0.2) is 29.1 Å². The molecule has 0 aromatic heterocycles. The number of fused-ring (bicyclic) bond motifs is 1. The molecule has 5 aromatic rings. The number of anilines is 2. The van der Waals surface area contributed by atoms with Crippen molar-refractivity contribution in [3.63, 3.8) is 0 Å².